The minimum atomic E-state index is -4.93. The van der Waals surface area contributed by atoms with Crippen LogP contribution in [0.4, 0.5) is 32.4 Å². The SMILES string of the molecule is O=C([O-])[O-].O=S1(=O)C(c2ccccc2C(F)(F)F)=C(O)c2ncccc2N1CC(F)F.[K+].[K+]. The number of aromatic nitrogens is 1. The van der Waals surface area contributed by atoms with E-state index in [9.17, 15) is 35.5 Å². The molecule has 33 heavy (non-hydrogen) atoms. The van der Waals surface area contributed by atoms with Gasteiger partial charge in [-0.15, -0.1) is 0 Å². The number of carbonyl (C=O) groups is 1. The molecule has 16 heteroatoms. The largest absolute Gasteiger partial charge is 1.00 e. The van der Waals surface area contributed by atoms with Crippen molar-refractivity contribution in [2.24, 2.45) is 0 Å². The van der Waals surface area contributed by atoms with Gasteiger partial charge in [0.15, 0.2) is 5.76 Å². The zero-order chi connectivity index (χ0) is 23.6. The van der Waals surface area contributed by atoms with Gasteiger partial charge >= 0.3 is 109 Å². The summed E-state index contributed by atoms with van der Waals surface area (Å²) in [6.45, 7) is -1.30. The quantitative estimate of drug-likeness (QED) is 0.304. The van der Waals surface area contributed by atoms with Crippen molar-refractivity contribution < 1.29 is 153 Å². The third-order valence-electron chi connectivity index (χ3n) is 3.82. The second kappa shape index (κ2) is 13.2. The first-order valence-electron chi connectivity index (χ1n) is 8.02. The van der Waals surface area contributed by atoms with Crippen LogP contribution in [0.1, 0.15) is 16.8 Å². The molecule has 2 heterocycles. The Balaban J connectivity index is 0.00000158. The maximum Gasteiger partial charge on any atom is 1.00 e. The zero-order valence-electron chi connectivity index (χ0n) is 17.0. The molecule has 0 unspecified atom stereocenters. The molecule has 0 saturated heterocycles. The summed E-state index contributed by atoms with van der Waals surface area (Å²) in [6.07, 6.45) is -9.22. The molecule has 3 rings (SSSR count). The average Bonchev–Trinajstić information content (AvgIpc) is 2.64. The number of benzene rings is 1. The number of alkyl halides is 5. The number of carbonyl (C=O) groups excluding carboxylic acids is 1. The van der Waals surface area contributed by atoms with Gasteiger partial charge in [0.2, 0.25) is 0 Å². The molecule has 8 nitrogen and oxygen atoms in total. The summed E-state index contributed by atoms with van der Waals surface area (Å²) in [7, 11) is -4.91. The van der Waals surface area contributed by atoms with Crippen LogP contribution in [0.5, 0.6) is 0 Å². The predicted molar refractivity (Wildman–Crippen MR) is 92.8 cm³/mol. The molecule has 0 bridgehead atoms. The summed E-state index contributed by atoms with van der Waals surface area (Å²) in [5.74, 6) is -1.03. The molecule has 1 aliphatic rings. The fourth-order valence-electron chi connectivity index (χ4n) is 2.77. The summed E-state index contributed by atoms with van der Waals surface area (Å²) in [5, 5.41) is 27.1. The molecule has 0 saturated carbocycles. The first kappa shape index (κ1) is 32.9. The molecular weight excluding hydrogens is 533 g/mol. The molecule has 2 aromatic rings. The number of fused-ring (bicyclic) bond motifs is 1. The second-order valence-electron chi connectivity index (χ2n) is 5.77. The molecule has 168 valence electrons. The van der Waals surface area contributed by atoms with Crippen LogP contribution in [0.3, 0.4) is 0 Å². The standard InChI is InChI=1S/C16H11F5N2O3S.CH2O3.2K/c17-12(18)8-23-11-6-3-7-22-13(11)14(24)15(27(23,25)26)9-4-1-2-5-10(9)16(19,20)21;2-1(3)4;;/h1-7,12,24H,8H2;(H2,2,3,4);;/q;;2*+1/p-2. The van der Waals surface area contributed by atoms with Gasteiger partial charge in [0.25, 0.3) is 16.4 Å². The van der Waals surface area contributed by atoms with Crippen LogP contribution in [-0.2, 0) is 16.2 Å². The van der Waals surface area contributed by atoms with Crippen molar-refractivity contribution in [1.29, 1.82) is 0 Å². The Bertz CT molecular complexity index is 1120. The Morgan fingerprint density at radius 3 is 2.15 bits per heavy atom. The van der Waals surface area contributed by atoms with E-state index >= 15 is 0 Å². The van der Waals surface area contributed by atoms with Crippen LogP contribution in [0.2, 0.25) is 0 Å². The zero-order valence-corrected chi connectivity index (χ0v) is 24.1. The number of rotatable bonds is 3. The van der Waals surface area contributed by atoms with Gasteiger partial charge in [-0.3, -0.25) is 9.29 Å². The number of nitrogens with zero attached hydrogens (tertiary/aromatic N) is 2. The Hall–Kier alpha value is -0.147. The normalized spacial score (nSPS) is 14.3. The van der Waals surface area contributed by atoms with Gasteiger partial charge in [0, 0.05) is 11.8 Å². The van der Waals surface area contributed by atoms with Gasteiger partial charge < -0.3 is 20.1 Å². The first-order valence-corrected chi connectivity index (χ1v) is 9.46. The van der Waals surface area contributed by atoms with Gasteiger partial charge in [-0.05, 0) is 24.4 Å². The van der Waals surface area contributed by atoms with Crippen molar-refractivity contribution in [2.45, 2.75) is 12.6 Å². The van der Waals surface area contributed by atoms with Crippen LogP contribution >= 0.6 is 0 Å². The number of halogens is 5. The fourth-order valence-corrected chi connectivity index (χ4v) is 4.50. The van der Waals surface area contributed by atoms with E-state index in [-0.39, 0.29) is 113 Å². The Morgan fingerprint density at radius 2 is 1.64 bits per heavy atom. The smallest absolute Gasteiger partial charge is 0.652 e. The molecule has 0 atom stereocenters. The molecule has 0 spiro atoms. The van der Waals surface area contributed by atoms with Crippen LogP contribution in [0.15, 0.2) is 42.6 Å². The number of aliphatic hydroxyl groups excluding tert-OH is 1. The van der Waals surface area contributed by atoms with Gasteiger partial charge in [-0.2, -0.15) is 13.2 Å². The van der Waals surface area contributed by atoms with E-state index in [4.69, 9.17) is 15.0 Å². The van der Waals surface area contributed by atoms with Gasteiger partial charge in [0.1, 0.15) is 10.6 Å². The van der Waals surface area contributed by atoms with E-state index < -0.39 is 62.8 Å². The molecule has 0 fully saturated rings. The number of anilines is 1. The molecule has 0 amide bonds. The van der Waals surface area contributed by atoms with Crippen molar-refractivity contribution in [2.75, 3.05) is 10.8 Å². The second-order valence-corrected chi connectivity index (χ2v) is 7.57. The number of carboxylic acid groups (broad SMARTS) is 2. The molecular formula is C17H11F5K2N2O6S. The Kier molecular flexibility index (Phi) is 13.2. The molecule has 1 aromatic heterocycles. The Labute approximate surface area is 269 Å². The van der Waals surface area contributed by atoms with Crippen LogP contribution in [0.25, 0.3) is 10.7 Å². The van der Waals surface area contributed by atoms with Gasteiger partial charge in [-0.25, -0.2) is 17.2 Å². The van der Waals surface area contributed by atoms with Crippen LogP contribution in [-0.4, -0.2) is 37.6 Å². The molecule has 1 N–H and O–H groups in total. The van der Waals surface area contributed by atoms with E-state index in [1.54, 1.807) is 0 Å². The Morgan fingerprint density at radius 1 is 1.09 bits per heavy atom. The van der Waals surface area contributed by atoms with Gasteiger partial charge in [-0.1, -0.05) is 18.2 Å². The summed E-state index contributed by atoms with van der Waals surface area (Å²) in [5.41, 5.74) is -2.92. The summed E-state index contributed by atoms with van der Waals surface area (Å²) in [6, 6.07) is 6.06. The van der Waals surface area contributed by atoms with E-state index in [2.05, 4.69) is 4.98 Å². The molecule has 1 aromatic carbocycles. The maximum atomic E-state index is 13.3. The van der Waals surface area contributed by atoms with E-state index in [0.717, 1.165) is 30.5 Å². The van der Waals surface area contributed by atoms with Gasteiger partial charge in [0.05, 0.1) is 17.8 Å². The summed E-state index contributed by atoms with van der Waals surface area (Å²) in [4.78, 5) is 11.0. The third kappa shape index (κ3) is 7.92. The molecule has 0 aliphatic carbocycles. The number of pyridine rings is 1. The average molecular weight is 545 g/mol. The topological polar surface area (TPSA) is 134 Å². The van der Waals surface area contributed by atoms with Crippen molar-refractivity contribution in [1.82, 2.24) is 4.98 Å². The van der Waals surface area contributed by atoms with Crippen molar-refractivity contribution in [3.8, 4) is 0 Å². The minimum absolute atomic E-state index is 0. The fraction of sp³-hybridized carbons (Fsp3) is 0.176. The molecule has 1 aliphatic heterocycles. The number of sulfonamides is 1. The van der Waals surface area contributed by atoms with E-state index in [1.807, 2.05) is 0 Å². The number of hydrogen-bond acceptors (Lipinski definition) is 7. The van der Waals surface area contributed by atoms with E-state index in [0.29, 0.717) is 6.07 Å². The molecule has 0 radical (unpaired) electrons. The summed E-state index contributed by atoms with van der Waals surface area (Å²) >= 11 is 0. The maximum absolute atomic E-state index is 13.3. The van der Waals surface area contributed by atoms with Crippen LogP contribution in [0, 0.1) is 0 Å². The minimum Gasteiger partial charge on any atom is -0.652 e. The van der Waals surface area contributed by atoms with Crippen LogP contribution < -0.4 is 117 Å². The number of hydrogen-bond donors (Lipinski definition) is 1. The van der Waals surface area contributed by atoms with E-state index in [1.165, 1.54) is 6.07 Å². The van der Waals surface area contributed by atoms with Crippen molar-refractivity contribution in [3.63, 3.8) is 0 Å². The first-order chi connectivity index (χ1) is 14.3. The van der Waals surface area contributed by atoms with Crippen molar-refractivity contribution in [3.05, 3.63) is 59.4 Å². The summed E-state index contributed by atoms with van der Waals surface area (Å²) < 4.78 is 92.0. The monoisotopic (exact) mass is 544 g/mol. The predicted octanol–water partition coefficient (Wildman–Crippen LogP) is -4.54. The third-order valence-corrected chi connectivity index (χ3v) is 5.68. The number of aliphatic hydroxyl groups is 1. The van der Waals surface area contributed by atoms with Crippen molar-refractivity contribution >= 4 is 32.5 Å².